The topological polar surface area (TPSA) is 73.3 Å². The fourth-order valence-corrected chi connectivity index (χ4v) is 5.16. The van der Waals surface area contributed by atoms with E-state index in [0.717, 1.165) is 23.3 Å². The Morgan fingerprint density at radius 2 is 1.52 bits per heavy atom. The molecule has 0 saturated heterocycles. The van der Waals surface area contributed by atoms with E-state index in [1.165, 1.54) is 22.7 Å². The van der Waals surface area contributed by atoms with Crippen molar-refractivity contribution in [3.63, 3.8) is 0 Å². The minimum atomic E-state index is -0.000139. The number of rotatable bonds is 12. The molecule has 7 heteroatoms. The smallest absolute Gasteiger partial charge is 0.298 e. The van der Waals surface area contributed by atoms with Crippen molar-refractivity contribution < 1.29 is 14.3 Å². The maximum Gasteiger partial charge on any atom is 0.298 e. The number of hydrogen-bond donors (Lipinski definition) is 1. The Hall–Kier alpha value is -4.49. The van der Waals surface area contributed by atoms with Gasteiger partial charge in [0.1, 0.15) is 11.5 Å². The lowest BCUT2D eigenvalue weighted by Crippen LogP contribution is -2.27. The number of nitrogens with zero attached hydrogens (tertiary/aromatic N) is 2. The first kappa shape index (κ1) is 27.1. The van der Waals surface area contributed by atoms with Gasteiger partial charge in [-0.2, -0.15) is 9.36 Å². The fourth-order valence-electron chi connectivity index (χ4n) is 4.59. The monoisotopic (exact) mass is 549 g/mol. The summed E-state index contributed by atoms with van der Waals surface area (Å²) in [6.07, 6.45) is 1.74. The summed E-state index contributed by atoms with van der Waals surface area (Å²) in [6.45, 7) is 0.601. The lowest BCUT2D eigenvalue weighted by Gasteiger charge is -2.18. The average Bonchev–Trinajstić information content (AvgIpc) is 3.43. The number of carbonyl (C=O) groups is 1. The molecule has 1 N–H and O–H groups in total. The molecule has 0 aliphatic carbocycles. The van der Waals surface area contributed by atoms with Crippen LogP contribution in [-0.2, 0) is 17.6 Å². The number of benzene rings is 4. The van der Waals surface area contributed by atoms with E-state index in [1.54, 1.807) is 7.11 Å². The van der Waals surface area contributed by atoms with Crippen LogP contribution in [0.5, 0.6) is 16.7 Å². The first-order valence-corrected chi connectivity index (χ1v) is 14.0. The van der Waals surface area contributed by atoms with Crippen molar-refractivity contribution in [2.24, 2.45) is 0 Å². The third-order valence-corrected chi connectivity index (χ3v) is 7.23. The molecule has 0 unspecified atom stereocenters. The van der Waals surface area contributed by atoms with Crippen molar-refractivity contribution in [3.8, 4) is 16.7 Å². The SMILES string of the molecule is COc1cccc(Cc2nsc(Oc3ccc(CC(=O)NCCC(c4ccccc4)c4ccccc4)cc3)n2)c1. The van der Waals surface area contributed by atoms with Gasteiger partial charge in [0, 0.05) is 30.4 Å². The van der Waals surface area contributed by atoms with E-state index in [-0.39, 0.29) is 11.8 Å². The first-order valence-electron chi connectivity index (χ1n) is 13.2. The van der Waals surface area contributed by atoms with Crippen molar-refractivity contribution in [2.45, 2.75) is 25.2 Å². The highest BCUT2D eigenvalue weighted by Gasteiger charge is 2.14. The molecular weight excluding hydrogens is 518 g/mol. The summed E-state index contributed by atoms with van der Waals surface area (Å²) in [7, 11) is 1.65. The fraction of sp³-hybridized carbons (Fsp3) is 0.182. The van der Waals surface area contributed by atoms with Crippen molar-refractivity contribution in [2.75, 3.05) is 13.7 Å². The number of hydrogen-bond acceptors (Lipinski definition) is 6. The van der Waals surface area contributed by atoms with E-state index >= 15 is 0 Å². The largest absolute Gasteiger partial charge is 0.497 e. The van der Waals surface area contributed by atoms with Gasteiger partial charge >= 0.3 is 0 Å². The maximum atomic E-state index is 12.7. The number of carbonyl (C=O) groups excluding carboxylic acids is 1. The van der Waals surface area contributed by atoms with Crippen molar-refractivity contribution in [1.82, 2.24) is 14.7 Å². The normalized spacial score (nSPS) is 10.8. The average molecular weight is 550 g/mol. The van der Waals surface area contributed by atoms with Crippen molar-refractivity contribution in [3.05, 3.63) is 137 Å². The second kappa shape index (κ2) is 13.5. The molecule has 1 amide bonds. The van der Waals surface area contributed by atoms with Crippen LogP contribution in [0.15, 0.2) is 109 Å². The van der Waals surface area contributed by atoms with E-state index in [1.807, 2.05) is 60.7 Å². The van der Waals surface area contributed by atoms with E-state index < -0.39 is 0 Å². The van der Waals surface area contributed by atoms with Gasteiger partial charge in [0.15, 0.2) is 5.82 Å². The third kappa shape index (κ3) is 7.55. The van der Waals surface area contributed by atoms with Crippen LogP contribution in [0.4, 0.5) is 0 Å². The van der Waals surface area contributed by atoms with Gasteiger partial charge < -0.3 is 14.8 Å². The molecular formula is C33H31N3O3S. The molecule has 0 fully saturated rings. The Kier molecular flexibility index (Phi) is 9.17. The summed E-state index contributed by atoms with van der Waals surface area (Å²) in [4.78, 5) is 17.2. The molecule has 0 aliphatic heterocycles. The molecule has 4 aromatic carbocycles. The molecule has 0 radical (unpaired) electrons. The molecule has 6 nitrogen and oxygen atoms in total. The van der Waals surface area contributed by atoms with Gasteiger partial charge in [-0.05, 0) is 52.9 Å². The molecule has 0 saturated carbocycles. The predicted molar refractivity (Wildman–Crippen MR) is 158 cm³/mol. The van der Waals surface area contributed by atoms with Gasteiger partial charge in [0.05, 0.1) is 13.5 Å². The zero-order valence-corrected chi connectivity index (χ0v) is 23.1. The minimum absolute atomic E-state index is 0.000139. The molecule has 40 heavy (non-hydrogen) atoms. The minimum Gasteiger partial charge on any atom is -0.497 e. The first-order chi connectivity index (χ1) is 19.7. The molecule has 0 atom stereocenters. The summed E-state index contributed by atoms with van der Waals surface area (Å²) >= 11 is 1.22. The predicted octanol–water partition coefficient (Wildman–Crippen LogP) is 6.81. The van der Waals surface area contributed by atoms with Gasteiger partial charge in [-0.25, -0.2) is 0 Å². The number of amides is 1. The second-order valence-corrected chi connectivity index (χ2v) is 10.2. The quantitative estimate of drug-likeness (QED) is 0.185. The van der Waals surface area contributed by atoms with E-state index in [0.29, 0.717) is 36.2 Å². The lowest BCUT2D eigenvalue weighted by molar-refractivity contribution is -0.120. The summed E-state index contributed by atoms with van der Waals surface area (Å²) < 4.78 is 15.6. The molecule has 1 heterocycles. The van der Waals surface area contributed by atoms with Gasteiger partial charge in [-0.3, -0.25) is 4.79 Å². The van der Waals surface area contributed by atoms with Crippen LogP contribution < -0.4 is 14.8 Å². The van der Waals surface area contributed by atoms with Crippen molar-refractivity contribution in [1.29, 1.82) is 0 Å². The number of aromatic nitrogens is 2. The van der Waals surface area contributed by atoms with Crippen LogP contribution in [0.1, 0.15) is 40.4 Å². The Morgan fingerprint density at radius 3 is 2.20 bits per heavy atom. The molecule has 202 valence electrons. The van der Waals surface area contributed by atoms with Gasteiger partial charge in [-0.15, -0.1) is 0 Å². The van der Waals surface area contributed by atoms with Crippen LogP contribution >= 0.6 is 11.5 Å². The number of nitrogens with one attached hydrogen (secondary N) is 1. The second-order valence-electron chi connectivity index (χ2n) is 9.44. The summed E-state index contributed by atoms with van der Waals surface area (Å²) in [5, 5.41) is 3.57. The van der Waals surface area contributed by atoms with Crippen LogP contribution in [-0.4, -0.2) is 28.9 Å². The van der Waals surface area contributed by atoms with E-state index in [4.69, 9.17) is 9.47 Å². The van der Waals surface area contributed by atoms with E-state index in [9.17, 15) is 4.79 Å². The highest BCUT2D eigenvalue weighted by atomic mass is 32.1. The Balaban J connectivity index is 1.11. The van der Waals surface area contributed by atoms with Crippen LogP contribution in [0.25, 0.3) is 0 Å². The lowest BCUT2D eigenvalue weighted by atomic mass is 9.88. The van der Waals surface area contributed by atoms with Crippen molar-refractivity contribution >= 4 is 17.4 Å². The standard InChI is InChI=1S/C33H31N3O3S/c1-38-29-14-8-9-25(21-29)22-31-35-33(40-36-31)39-28-17-15-24(16-18-28)23-32(37)34-20-19-30(26-10-4-2-5-11-26)27-12-6-3-7-13-27/h2-18,21,30H,19-20,22-23H2,1H3,(H,34,37). The van der Waals surface area contributed by atoms with Gasteiger partial charge in [-0.1, -0.05) is 84.9 Å². The molecule has 0 spiro atoms. The molecule has 1 aromatic heterocycles. The Bertz CT molecular complexity index is 1470. The van der Waals surface area contributed by atoms with Crippen LogP contribution in [0.3, 0.4) is 0 Å². The zero-order chi connectivity index (χ0) is 27.6. The highest BCUT2D eigenvalue weighted by molar-refractivity contribution is 7.07. The maximum absolute atomic E-state index is 12.7. The van der Waals surface area contributed by atoms with Gasteiger partial charge in [0.2, 0.25) is 5.91 Å². The molecule has 0 bridgehead atoms. The van der Waals surface area contributed by atoms with Crippen LogP contribution in [0.2, 0.25) is 0 Å². The van der Waals surface area contributed by atoms with E-state index in [2.05, 4.69) is 63.2 Å². The highest BCUT2D eigenvalue weighted by Crippen LogP contribution is 2.28. The number of ether oxygens (including phenoxy) is 2. The summed E-state index contributed by atoms with van der Waals surface area (Å²) in [5.41, 5.74) is 4.49. The van der Waals surface area contributed by atoms with Gasteiger partial charge in [0.25, 0.3) is 5.19 Å². The molecule has 5 rings (SSSR count). The summed E-state index contributed by atoms with van der Waals surface area (Å²) in [6, 6.07) is 36.2. The molecule has 0 aliphatic rings. The zero-order valence-electron chi connectivity index (χ0n) is 22.3. The number of methoxy groups -OCH3 is 1. The Labute approximate surface area is 238 Å². The third-order valence-electron chi connectivity index (χ3n) is 6.60. The summed E-state index contributed by atoms with van der Waals surface area (Å²) in [5.74, 6) is 2.39. The molecule has 5 aromatic rings. The van der Waals surface area contributed by atoms with Crippen LogP contribution in [0, 0.1) is 0 Å². The Morgan fingerprint density at radius 1 is 0.825 bits per heavy atom.